The Bertz CT molecular complexity index is 244. The number of rotatable bonds is 1. The van der Waals surface area contributed by atoms with E-state index in [-0.39, 0.29) is 24.2 Å². The molecule has 0 bridgehead atoms. The molecule has 2 fully saturated rings. The molecule has 2 aliphatic rings. The smallest absolute Gasteiger partial charge is 0.242 e. The second kappa shape index (κ2) is 3.49. The van der Waals surface area contributed by atoms with Crippen molar-refractivity contribution in [3.8, 4) is 0 Å². The maximum Gasteiger partial charge on any atom is 0.242 e. The number of carbonyl (C=O) groups is 1. The van der Waals surface area contributed by atoms with Crippen LogP contribution in [0.15, 0.2) is 0 Å². The number of carbonyl (C=O) groups excluding carboxylic acids is 1. The third-order valence-electron chi connectivity index (χ3n) is 2.86. The fraction of sp³-hybridized carbons (Fsp3) is 0.889. The molecule has 2 rings (SSSR count). The summed E-state index contributed by atoms with van der Waals surface area (Å²) in [4.78, 5) is 15.4. The van der Waals surface area contributed by atoms with Gasteiger partial charge in [0.05, 0.1) is 0 Å². The van der Waals surface area contributed by atoms with E-state index in [2.05, 4.69) is 0 Å². The Morgan fingerprint density at radius 1 is 1.43 bits per heavy atom. The summed E-state index contributed by atoms with van der Waals surface area (Å²) < 4.78 is 10.8. The number of hydrogen-bond acceptors (Lipinski definition) is 4. The zero-order valence-electron chi connectivity index (χ0n) is 8.77. The third-order valence-corrected chi connectivity index (χ3v) is 2.86. The maximum absolute atomic E-state index is 11.8. The Balaban J connectivity index is 2.13. The van der Waals surface area contributed by atoms with Crippen molar-refractivity contribution in [2.24, 2.45) is 0 Å². The fourth-order valence-corrected chi connectivity index (χ4v) is 2.10. The van der Waals surface area contributed by atoms with Crippen LogP contribution in [-0.2, 0) is 14.3 Å². The zero-order valence-corrected chi connectivity index (χ0v) is 8.77. The summed E-state index contributed by atoms with van der Waals surface area (Å²) >= 11 is 0. The second-order valence-electron chi connectivity index (χ2n) is 4.07. The number of ether oxygens (including phenoxy) is 2. The van der Waals surface area contributed by atoms with Crippen LogP contribution in [0.2, 0.25) is 0 Å². The molecule has 0 radical (unpaired) electrons. The van der Waals surface area contributed by atoms with Crippen molar-refractivity contribution in [1.29, 1.82) is 0 Å². The van der Waals surface area contributed by atoms with E-state index >= 15 is 0 Å². The van der Waals surface area contributed by atoms with Crippen molar-refractivity contribution in [3.05, 3.63) is 0 Å². The molecular weight excluding hydrogens is 184 g/mol. The largest absolute Gasteiger partial charge is 0.348 e. The van der Waals surface area contributed by atoms with Gasteiger partial charge in [-0.15, -0.1) is 0 Å². The van der Waals surface area contributed by atoms with Crippen LogP contribution in [0.5, 0.6) is 0 Å². The summed E-state index contributed by atoms with van der Waals surface area (Å²) in [6.07, 6.45) is -0.0243. The van der Waals surface area contributed by atoms with Gasteiger partial charge in [0.1, 0.15) is 25.0 Å². The SMILES string of the molecule is CN(C)C(=O)C1C2OCOC2CN1C. The lowest BCUT2D eigenvalue weighted by atomic mass is 10.1. The Kier molecular flexibility index (Phi) is 2.47. The highest BCUT2D eigenvalue weighted by molar-refractivity contribution is 5.82. The zero-order chi connectivity index (χ0) is 10.3. The first kappa shape index (κ1) is 9.89. The molecule has 5 heteroatoms. The number of nitrogens with zero attached hydrogens (tertiary/aromatic N) is 2. The summed E-state index contributed by atoms with van der Waals surface area (Å²) in [6.45, 7) is 1.09. The average Bonchev–Trinajstić information content (AvgIpc) is 2.62. The van der Waals surface area contributed by atoms with E-state index in [9.17, 15) is 4.79 Å². The fourth-order valence-electron chi connectivity index (χ4n) is 2.10. The molecule has 0 spiro atoms. The van der Waals surface area contributed by atoms with Crippen LogP contribution in [0.4, 0.5) is 0 Å². The van der Waals surface area contributed by atoms with E-state index in [1.54, 1.807) is 19.0 Å². The predicted molar refractivity (Wildman–Crippen MR) is 49.7 cm³/mol. The van der Waals surface area contributed by atoms with Gasteiger partial charge in [-0.2, -0.15) is 0 Å². The van der Waals surface area contributed by atoms with Gasteiger partial charge in [-0.05, 0) is 7.05 Å². The highest BCUT2D eigenvalue weighted by Crippen LogP contribution is 2.27. The Hall–Kier alpha value is -0.650. The first-order valence-corrected chi connectivity index (χ1v) is 4.76. The summed E-state index contributed by atoms with van der Waals surface area (Å²) in [5, 5.41) is 0. The van der Waals surface area contributed by atoms with Gasteiger partial charge in [-0.1, -0.05) is 0 Å². The van der Waals surface area contributed by atoms with Crippen LogP contribution in [0.25, 0.3) is 0 Å². The van der Waals surface area contributed by atoms with E-state index in [1.807, 2.05) is 11.9 Å². The molecule has 0 aromatic heterocycles. The van der Waals surface area contributed by atoms with Crippen LogP contribution in [-0.4, -0.2) is 68.4 Å². The van der Waals surface area contributed by atoms with Gasteiger partial charge >= 0.3 is 0 Å². The predicted octanol–water partition coefficient (Wildman–Crippen LogP) is -0.870. The Morgan fingerprint density at radius 2 is 2.14 bits per heavy atom. The minimum Gasteiger partial charge on any atom is -0.348 e. The summed E-state index contributed by atoms with van der Waals surface area (Å²) in [5.74, 6) is 0.0884. The summed E-state index contributed by atoms with van der Waals surface area (Å²) in [5.41, 5.74) is 0. The van der Waals surface area contributed by atoms with Crippen molar-refractivity contribution in [3.63, 3.8) is 0 Å². The van der Waals surface area contributed by atoms with E-state index < -0.39 is 0 Å². The molecule has 2 heterocycles. The van der Waals surface area contributed by atoms with Gasteiger partial charge in [0, 0.05) is 20.6 Å². The lowest BCUT2D eigenvalue weighted by Crippen LogP contribution is -2.46. The van der Waals surface area contributed by atoms with Crippen LogP contribution in [0.3, 0.4) is 0 Å². The first-order chi connectivity index (χ1) is 6.61. The van der Waals surface area contributed by atoms with Gasteiger partial charge in [-0.3, -0.25) is 9.69 Å². The molecule has 0 aliphatic carbocycles. The van der Waals surface area contributed by atoms with E-state index in [1.165, 1.54) is 0 Å². The quantitative estimate of drug-likeness (QED) is 0.552. The lowest BCUT2D eigenvalue weighted by molar-refractivity contribution is -0.136. The van der Waals surface area contributed by atoms with Gasteiger partial charge in [-0.25, -0.2) is 0 Å². The van der Waals surface area contributed by atoms with Crippen molar-refractivity contribution in [2.45, 2.75) is 18.2 Å². The third kappa shape index (κ3) is 1.41. The highest BCUT2D eigenvalue weighted by atomic mass is 16.7. The second-order valence-corrected chi connectivity index (χ2v) is 4.07. The molecular formula is C9H16N2O3. The van der Waals surface area contributed by atoms with Gasteiger partial charge in [0.2, 0.25) is 5.91 Å². The van der Waals surface area contributed by atoms with Crippen molar-refractivity contribution in [2.75, 3.05) is 34.5 Å². The molecule has 14 heavy (non-hydrogen) atoms. The summed E-state index contributed by atoms with van der Waals surface area (Å²) in [6, 6.07) is -0.183. The molecule has 0 aromatic carbocycles. The van der Waals surface area contributed by atoms with E-state index in [4.69, 9.17) is 9.47 Å². The van der Waals surface area contributed by atoms with Crippen molar-refractivity contribution in [1.82, 2.24) is 9.80 Å². The van der Waals surface area contributed by atoms with Crippen LogP contribution in [0, 0.1) is 0 Å². The molecule has 1 amide bonds. The molecule has 2 saturated heterocycles. The topological polar surface area (TPSA) is 42.0 Å². The minimum absolute atomic E-state index is 0.0638. The van der Waals surface area contributed by atoms with Crippen molar-refractivity contribution < 1.29 is 14.3 Å². The summed E-state index contributed by atoms with van der Waals surface area (Å²) in [7, 11) is 5.45. The monoisotopic (exact) mass is 200 g/mol. The van der Waals surface area contributed by atoms with Gasteiger partial charge in [0.15, 0.2) is 0 Å². The Morgan fingerprint density at radius 3 is 2.79 bits per heavy atom. The average molecular weight is 200 g/mol. The number of likely N-dealkylation sites (N-methyl/N-ethyl adjacent to an activating group) is 2. The number of fused-ring (bicyclic) bond motifs is 1. The molecule has 3 atom stereocenters. The van der Waals surface area contributed by atoms with Gasteiger partial charge in [0.25, 0.3) is 0 Å². The molecule has 3 unspecified atom stereocenters. The number of amides is 1. The van der Waals surface area contributed by atoms with Crippen LogP contribution in [0.1, 0.15) is 0 Å². The van der Waals surface area contributed by atoms with Gasteiger partial charge < -0.3 is 14.4 Å². The van der Waals surface area contributed by atoms with E-state index in [0.29, 0.717) is 6.79 Å². The number of likely N-dealkylation sites (tertiary alicyclic amines) is 1. The molecule has 80 valence electrons. The standard InChI is InChI=1S/C9H16N2O3/c1-10(2)9(12)7-8-6(4-11(7)3)13-5-14-8/h6-8H,4-5H2,1-3H3. The normalized spacial score (nSPS) is 37.2. The maximum atomic E-state index is 11.8. The van der Waals surface area contributed by atoms with Crippen LogP contribution < -0.4 is 0 Å². The van der Waals surface area contributed by atoms with E-state index in [0.717, 1.165) is 6.54 Å². The highest BCUT2D eigenvalue weighted by Gasteiger charge is 2.48. The minimum atomic E-state index is -0.183. The van der Waals surface area contributed by atoms with Crippen molar-refractivity contribution >= 4 is 5.91 Å². The Labute approximate surface area is 83.6 Å². The molecule has 2 aliphatic heterocycles. The first-order valence-electron chi connectivity index (χ1n) is 4.76. The molecule has 5 nitrogen and oxygen atoms in total. The molecule has 0 saturated carbocycles. The number of hydrogen-bond donors (Lipinski definition) is 0. The molecule has 0 N–H and O–H groups in total. The van der Waals surface area contributed by atoms with Crippen LogP contribution >= 0.6 is 0 Å². The lowest BCUT2D eigenvalue weighted by Gasteiger charge is -2.24. The molecule has 0 aromatic rings.